The number of aromatic nitrogens is 3. The average Bonchev–Trinajstić information content (AvgIpc) is 3.42. The zero-order valence-corrected chi connectivity index (χ0v) is 21.8. The molecule has 0 aromatic carbocycles. The molecular weight excluding hydrogens is 458 g/mol. The van der Waals surface area contributed by atoms with Gasteiger partial charge in [-0.05, 0) is 39.5 Å². The van der Waals surface area contributed by atoms with E-state index in [0.29, 0.717) is 13.2 Å². The van der Waals surface area contributed by atoms with Crippen LogP contribution < -0.4 is 16.1 Å². The summed E-state index contributed by atoms with van der Waals surface area (Å²) in [4.78, 5) is 39.8. The zero-order valence-electron chi connectivity index (χ0n) is 21.8. The number of hydrogen-bond donors (Lipinski definition) is 2. The molecule has 0 radical (unpaired) electrons. The third kappa shape index (κ3) is 6.24. The van der Waals surface area contributed by atoms with Crippen LogP contribution in [0.4, 0.5) is 0 Å². The largest absolute Gasteiger partial charge is 0.376 e. The van der Waals surface area contributed by atoms with Crippen LogP contribution in [0.1, 0.15) is 95.5 Å². The minimum absolute atomic E-state index is 0.00521. The van der Waals surface area contributed by atoms with Gasteiger partial charge in [0.2, 0.25) is 5.43 Å². The monoisotopic (exact) mass is 497 g/mol. The van der Waals surface area contributed by atoms with E-state index in [0.717, 1.165) is 55.5 Å². The Kier molecular flexibility index (Phi) is 8.61. The summed E-state index contributed by atoms with van der Waals surface area (Å²) < 4.78 is 9.29. The summed E-state index contributed by atoms with van der Waals surface area (Å²) in [5, 5.41) is 10.3. The maximum absolute atomic E-state index is 13.4. The lowest BCUT2D eigenvalue weighted by Gasteiger charge is -2.21. The van der Waals surface area contributed by atoms with Crippen molar-refractivity contribution < 1.29 is 14.3 Å². The lowest BCUT2D eigenvalue weighted by Crippen LogP contribution is -2.40. The van der Waals surface area contributed by atoms with Crippen molar-refractivity contribution in [3.63, 3.8) is 0 Å². The molecule has 9 heteroatoms. The summed E-state index contributed by atoms with van der Waals surface area (Å²) >= 11 is 0. The Morgan fingerprint density at radius 1 is 1.00 bits per heavy atom. The fourth-order valence-corrected chi connectivity index (χ4v) is 5.28. The Morgan fingerprint density at radius 2 is 1.67 bits per heavy atom. The molecule has 1 aliphatic carbocycles. The molecule has 0 unspecified atom stereocenters. The summed E-state index contributed by atoms with van der Waals surface area (Å²) in [7, 11) is 1.86. The van der Waals surface area contributed by atoms with Crippen LogP contribution in [0.2, 0.25) is 0 Å². The Balaban J connectivity index is 1.57. The van der Waals surface area contributed by atoms with E-state index in [1.165, 1.54) is 19.3 Å². The van der Waals surface area contributed by atoms with Crippen molar-refractivity contribution in [2.45, 2.75) is 96.9 Å². The summed E-state index contributed by atoms with van der Waals surface area (Å²) in [6.07, 6.45) is 12.6. The molecule has 1 saturated carbocycles. The van der Waals surface area contributed by atoms with E-state index in [1.54, 1.807) is 21.6 Å². The summed E-state index contributed by atoms with van der Waals surface area (Å²) in [6.45, 7) is 5.29. The van der Waals surface area contributed by atoms with Crippen molar-refractivity contribution in [3.05, 3.63) is 50.7 Å². The van der Waals surface area contributed by atoms with Gasteiger partial charge in [-0.15, -0.1) is 0 Å². The minimum Gasteiger partial charge on any atom is -0.376 e. The number of amides is 2. The molecule has 36 heavy (non-hydrogen) atoms. The first-order valence-electron chi connectivity index (χ1n) is 13.3. The van der Waals surface area contributed by atoms with E-state index in [9.17, 15) is 14.4 Å². The van der Waals surface area contributed by atoms with Gasteiger partial charge in [0, 0.05) is 56.4 Å². The maximum atomic E-state index is 13.4. The number of pyridine rings is 1. The van der Waals surface area contributed by atoms with Gasteiger partial charge in [0.15, 0.2) is 0 Å². The van der Waals surface area contributed by atoms with Gasteiger partial charge in [-0.3, -0.25) is 19.1 Å². The molecule has 2 fully saturated rings. The molecule has 0 bridgehead atoms. The van der Waals surface area contributed by atoms with Crippen LogP contribution in [0, 0.1) is 13.8 Å². The third-order valence-electron chi connectivity index (χ3n) is 7.53. The number of carbonyl (C=O) groups excluding carboxylic acids is 2. The first kappa shape index (κ1) is 26.1. The molecule has 2 aliphatic rings. The minimum atomic E-state index is -0.543. The third-order valence-corrected chi connectivity index (χ3v) is 7.53. The van der Waals surface area contributed by atoms with Crippen molar-refractivity contribution in [1.82, 2.24) is 25.0 Å². The average molecular weight is 498 g/mol. The maximum Gasteiger partial charge on any atom is 0.257 e. The molecule has 1 atom stereocenters. The van der Waals surface area contributed by atoms with E-state index in [4.69, 9.17) is 4.74 Å². The van der Waals surface area contributed by atoms with Crippen LogP contribution in [0.5, 0.6) is 0 Å². The highest BCUT2D eigenvalue weighted by atomic mass is 16.5. The van der Waals surface area contributed by atoms with Gasteiger partial charge in [-0.1, -0.05) is 32.1 Å². The first-order valence-corrected chi connectivity index (χ1v) is 13.3. The highest BCUT2D eigenvalue weighted by Gasteiger charge is 2.24. The summed E-state index contributed by atoms with van der Waals surface area (Å²) in [5.41, 5.74) is 2.14. The molecule has 4 rings (SSSR count). The Bertz CT molecular complexity index is 1140. The van der Waals surface area contributed by atoms with Gasteiger partial charge >= 0.3 is 0 Å². The van der Waals surface area contributed by atoms with Gasteiger partial charge in [0.1, 0.15) is 11.1 Å². The molecule has 2 amide bonds. The van der Waals surface area contributed by atoms with Crippen molar-refractivity contribution in [3.8, 4) is 0 Å². The van der Waals surface area contributed by atoms with Gasteiger partial charge in [0.05, 0.1) is 11.8 Å². The molecule has 9 nitrogen and oxygen atoms in total. The number of ether oxygens (including phenoxy) is 1. The van der Waals surface area contributed by atoms with Gasteiger partial charge in [-0.2, -0.15) is 5.10 Å². The number of nitrogens with zero attached hydrogens (tertiary/aromatic N) is 3. The van der Waals surface area contributed by atoms with Crippen molar-refractivity contribution >= 4 is 11.8 Å². The number of rotatable bonds is 7. The van der Waals surface area contributed by atoms with Crippen LogP contribution in [0.3, 0.4) is 0 Å². The second-order valence-electron chi connectivity index (χ2n) is 10.2. The van der Waals surface area contributed by atoms with Crippen LogP contribution >= 0.6 is 0 Å². The first-order chi connectivity index (χ1) is 17.3. The van der Waals surface area contributed by atoms with Crippen LogP contribution in [-0.4, -0.2) is 44.9 Å². The number of nitrogens with one attached hydrogen (secondary N) is 2. The molecule has 3 heterocycles. The van der Waals surface area contributed by atoms with E-state index < -0.39 is 17.2 Å². The van der Waals surface area contributed by atoms with E-state index >= 15 is 0 Å². The molecule has 196 valence electrons. The summed E-state index contributed by atoms with van der Waals surface area (Å²) in [6, 6.07) is 0.0535. The molecular formula is C27H39N5O4. The number of carbonyl (C=O) groups is 2. The lowest BCUT2D eigenvalue weighted by atomic mass is 9.96. The standard InChI is InChI=1S/C27H39N5O4/c1-18-22(19(2)31(3)30-18)14-28-26(34)23-16-32(15-21-12-9-13-36-21)17-24(25(23)33)27(35)29-20-10-7-5-4-6-8-11-20/h16-17,20-21H,4-15H2,1-3H3,(H,28,34)(H,29,35)/t21-/m0/s1. The fraction of sp³-hybridized carbons (Fsp3) is 0.630. The molecule has 2 N–H and O–H groups in total. The zero-order chi connectivity index (χ0) is 25.7. The predicted molar refractivity (Wildman–Crippen MR) is 137 cm³/mol. The second kappa shape index (κ2) is 11.9. The van der Waals surface area contributed by atoms with Crippen LogP contribution in [0.15, 0.2) is 17.2 Å². The SMILES string of the molecule is Cc1nn(C)c(C)c1CNC(=O)c1cn(C[C@@H]2CCCO2)cc(C(=O)NC2CCCCCCC2)c1=O. The van der Waals surface area contributed by atoms with Gasteiger partial charge in [-0.25, -0.2) is 0 Å². The quantitative estimate of drug-likeness (QED) is 0.611. The second-order valence-corrected chi connectivity index (χ2v) is 10.2. The fourth-order valence-electron chi connectivity index (χ4n) is 5.28. The van der Waals surface area contributed by atoms with E-state index in [1.807, 2.05) is 20.9 Å². The molecule has 0 spiro atoms. The number of aryl methyl sites for hydroxylation is 2. The lowest BCUT2D eigenvalue weighted by molar-refractivity contribution is 0.0914. The molecule has 2 aromatic rings. The smallest absolute Gasteiger partial charge is 0.257 e. The summed E-state index contributed by atoms with van der Waals surface area (Å²) in [5.74, 6) is -0.899. The Labute approximate surface area is 212 Å². The van der Waals surface area contributed by atoms with E-state index in [-0.39, 0.29) is 29.8 Å². The van der Waals surface area contributed by atoms with Gasteiger partial charge < -0.3 is 19.9 Å². The Hall–Kier alpha value is -2.94. The highest BCUT2D eigenvalue weighted by Crippen LogP contribution is 2.18. The molecule has 1 aliphatic heterocycles. The number of hydrogen-bond acceptors (Lipinski definition) is 5. The molecule has 2 aromatic heterocycles. The van der Waals surface area contributed by atoms with E-state index in [2.05, 4.69) is 15.7 Å². The normalized spacial score (nSPS) is 19.0. The van der Waals surface area contributed by atoms with Crippen LogP contribution in [-0.2, 0) is 24.9 Å². The van der Waals surface area contributed by atoms with Gasteiger partial charge in [0.25, 0.3) is 11.8 Å². The molecule has 1 saturated heterocycles. The Morgan fingerprint density at radius 3 is 2.28 bits per heavy atom. The van der Waals surface area contributed by atoms with Crippen molar-refractivity contribution in [2.75, 3.05) is 6.61 Å². The van der Waals surface area contributed by atoms with Crippen molar-refractivity contribution in [1.29, 1.82) is 0 Å². The van der Waals surface area contributed by atoms with Crippen LogP contribution in [0.25, 0.3) is 0 Å². The highest BCUT2D eigenvalue weighted by molar-refractivity contribution is 5.99. The predicted octanol–water partition coefficient (Wildman–Crippen LogP) is 3.15. The van der Waals surface area contributed by atoms with Crippen molar-refractivity contribution in [2.24, 2.45) is 7.05 Å². The topological polar surface area (TPSA) is 107 Å².